The Labute approximate surface area is 176 Å². The number of hydrogen-bond donors (Lipinski definition) is 2. The minimum absolute atomic E-state index is 0.00783. The van der Waals surface area contributed by atoms with Crippen molar-refractivity contribution in [2.24, 2.45) is 10.9 Å². The molecule has 2 unspecified atom stereocenters. The molecule has 1 aromatic carbocycles. The third-order valence-corrected chi connectivity index (χ3v) is 6.21. The van der Waals surface area contributed by atoms with Crippen molar-refractivity contribution in [3.05, 3.63) is 35.9 Å². The van der Waals surface area contributed by atoms with Gasteiger partial charge >= 0.3 is 0 Å². The van der Waals surface area contributed by atoms with Crippen LogP contribution >= 0.6 is 0 Å². The average molecular weight is 403 g/mol. The Kier molecular flexibility index (Phi) is 8.33. The summed E-state index contributed by atoms with van der Waals surface area (Å²) in [5.41, 5.74) is 1.33. The van der Waals surface area contributed by atoms with Gasteiger partial charge in [0.15, 0.2) is 5.96 Å². The Morgan fingerprint density at radius 2 is 2.07 bits per heavy atom. The van der Waals surface area contributed by atoms with E-state index in [1.54, 1.807) is 0 Å². The van der Waals surface area contributed by atoms with E-state index >= 15 is 0 Å². The summed E-state index contributed by atoms with van der Waals surface area (Å²) in [4.78, 5) is 6.94. The van der Waals surface area contributed by atoms with Crippen LogP contribution in [0.15, 0.2) is 35.3 Å². The molecule has 162 valence electrons. The molecule has 2 atom stereocenters. The van der Waals surface area contributed by atoms with E-state index in [4.69, 9.17) is 9.47 Å². The van der Waals surface area contributed by atoms with Gasteiger partial charge < -0.3 is 25.0 Å². The fourth-order valence-electron chi connectivity index (χ4n) is 4.44. The fourth-order valence-corrected chi connectivity index (χ4v) is 4.44. The molecule has 0 saturated carbocycles. The summed E-state index contributed by atoms with van der Waals surface area (Å²) in [6.07, 6.45) is 3.17. The highest BCUT2D eigenvalue weighted by Gasteiger charge is 2.35. The zero-order valence-electron chi connectivity index (χ0n) is 18.3. The molecule has 0 amide bonds. The first-order valence-corrected chi connectivity index (χ1v) is 11.1. The first-order chi connectivity index (χ1) is 14.2. The van der Waals surface area contributed by atoms with Crippen LogP contribution in [0.2, 0.25) is 0 Å². The number of hydrogen-bond acceptors (Lipinski definition) is 4. The number of aliphatic imine (C=N–C) groups is 1. The van der Waals surface area contributed by atoms with Gasteiger partial charge in [0.2, 0.25) is 0 Å². The lowest BCUT2D eigenvalue weighted by Gasteiger charge is -2.41. The van der Waals surface area contributed by atoms with Crippen LogP contribution in [0.5, 0.6) is 0 Å². The Morgan fingerprint density at radius 3 is 2.76 bits per heavy atom. The van der Waals surface area contributed by atoms with Crippen LogP contribution < -0.4 is 10.6 Å². The second-order valence-electron chi connectivity index (χ2n) is 8.33. The lowest BCUT2D eigenvalue weighted by molar-refractivity contribution is 0.0352. The zero-order valence-corrected chi connectivity index (χ0v) is 18.3. The van der Waals surface area contributed by atoms with E-state index in [-0.39, 0.29) is 5.54 Å². The Balaban J connectivity index is 1.59. The van der Waals surface area contributed by atoms with Gasteiger partial charge in [0, 0.05) is 64.0 Å². The van der Waals surface area contributed by atoms with Crippen molar-refractivity contribution in [3.63, 3.8) is 0 Å². The van der Waals surface area contributed by atoms with Gasteiger partial charge in [0.05, 0.1) is 6.61 Å². The second-order valence-corrected chi connectivity index (χ2v) is 8.33. The van der Waals surface area contributed by atoms with Crippen LogP contribution in [0, 0.1) is 5.92 Å². The Bertz CT molecular complexity index is 631. The first-order valence-electron chi connectivity index (χ1n) is 11.1. The summed E-state index contributed by atoms with van der Waals surface area (Å²) < 4.78 is 11.3. The normalized spacial score (nSPS) is 23.2. The van der Waals surface area contributed by atoms with Crippen molar-refractivity contribution in [1.29, 1.82) is 0 Å². The van der Waals surface area contributed by atoms with Gasteiger partial charge in [-0.2, -0.15) is 0 Å². The quantitative estimate of drug-likeness (QED) is 0.517. The fraction of sp³-hybridized carbons (Fsp3) is 0.696. The topological polar surface area (TPSA) is 58.1 Å². The summed E-state index contributed by atoms with van der Waals surface area (Å²) in [5, 5.41) is 7.59. The molecule has 2 fully saturated rings. The maximum atomic E-state index is 5.67. The van der Waals surface area contributed by atoms with Crippen molar-refractivity contribution in [2.45, 2.75) is 44.7 Å². The summed E-state index contributed by atoms with van der Waals surface area (Å²) in [6.45, 7) is 10.5. The number of nitrogens with one attached hydrogen (secondary N) is 2. The molecule has 0 bridgehead atoms. The highest BCUT2D eigenvalue weighted by atomic mass is 16.5. The molecule has 1 aromatic rings. The molecule has 3 rings (SSSR count). The minimum Gasteiger partial charge on any atom is -0.381 e. The third kappa shape index (κ3) is 6.17. The van der Waals surface area contributed by atoms with Crippen molar-refractivity contribution < 1.29 is 9.47 Å². The molecular formula is C23H38N4O2. The van der Waals surface area contributed by atoms with Crippen LogP contribution in [0.25, 0.3) is 0 Å². The maximum absolute atomic E-state index is 5.67. The predicted molar refractivity (Wildman–Crippen MR) is 118 cm³/mol. The lowest BCUT2D eigenvalue weighted by Crippen LogP contribution is -2.58. The molecule has 0 aromatic heterocycles. The van der Waals surface area contributed by atoms with Gasteiger partial charge in [-0.1, -0.05) is 30.3 Å². The maximum Gasteiger partial charge on any atom is 0.193 e. The van der Waals surface area contributed by atoms with Gasteiger partial charge in [0.25, 0.3) is 0 Å². The van der Waals surface area contributed by atoms with Crippen molar-refractivity contribution in [3.8, 4) is 0 Å². The van der Waals surface area contributed by atoms with Crippen LogP contribution in [0.3, 0.4) is 0 Å². The van der Waals surface area contributed by atoms with E-state index in [1.165, 1.54) is 12.0 Å². The zero-order chi connectivity index (χ0) is 20.5. The molecule has 2 N–H and O–H groups in total. The van der Waals surface area contributed by atoms with E-state index < -0.39 is 0 Å². The van der Waals surface area contributed by atoms with Gasteiger partial charge in [-0.3, -0.25) is 4.99 Å². The Morgan fingerprint density at radius 1 is 1.31 bits per heavy atom. The molecule has 0 aliphatic carbocycles. The number of nitrogens with zero attached hydrogens (tertiary/aromatic N) is 2. The first kappa shape index (κ1) is 22.1. The van der Waals surface area contributed by atoms with Gasteiger partial charge in [0.1, 0.15) is 0 Å². The standard InChI is InChI=1S/C23H38N4O2/c1-4-28-17-20-10-13-27(16-20)22(24-3)25-18-23(11-14-29-15-12-23)26-19(2)21-8-6-5-7-9-21/h5-9,19-20,26H,4,10-18H2,1-3H3,(H,24,25). The van der Waals surface area contributed by atoms with E-state index in [0.717, 1.165) is 64.9 Å². The van der Waals surface area contributed by atoms with Crippen molar-refractivity contribution in [2.75, 3.05) is 53.1 Å². The summed E-state index contributed by atoms with van der Waals surface area (Å²) in [6, 6.07) is 11.0. The number of benzene rings is 1. The second kappa shape index (κ2) is 11.0. The predicted octanol–water partition coefficient (Wildman–Crippen LogP) is 2.82. The molecular weight excluding hydrogens is 364 g/mol. The highest BCUT2D eigenvalue weighted by Crippen LogP contribution is 2.25. The molecule has 6 heteroatoms. The van der Waals surface area contributed by atoms with Crippen LogP contribution in [0.1, 0.15) is 44.7 Å². The monoisotopic (exact) mass is 402 g/mol. The third-order valence-electron chi connectivity index (χ3n) is 6.21. The van der Waals surface area contributed by atoms with Crippen molar-refractivity contribution >= 4 is 5.96 Å². The van der Waals surface area contributed by atoms with Gasteiger partial charge in [-0.05, 0) is 38.7 Å². The van der Waals surface area contributed by atoms with Crippen LogP contribution in [-0.4, -0.2) is 69.5 Å². The summed E-state index contributed by atoms with van der Waals surface area (Å²) in [7, 11) is 1.88. The number of rotatable bonds is 8. The van der Waals surface area contributed by atoms with E-state index in [9.17, 15) is 0 Å². The number of guanidine groups is 1. The summed E-state index contributed by atoms with van der Waals surface area (Å²) in [5.74, 6) is 1.60. The van der Waals surface area contributed by atoms with E-state index in [0.29, 0.717) is 12.0 Å². The smallest absolute Gasteiger partial charge is 0.193 e. The lowest BCUT2D eigenvalue weighted by atomic mass is 9.88. The Hall–Kier alpha value is -1.63. The largest absolute Gasteiger partial charge is 0.381 e. The molecule has 2 aliphatic rings. The highest BCUT2D eigenvalue weighted by molar-refractivity contribution is 5.80. The molecule has 29 heavy (non-hydrogen) atoms. The molecule has 2 heterocycles. The summed E-state index contributed by atoms with van der Waals surface area (Å²) >= 11 is 0. The van der Waals surface area contributed by atoms with E-state index in [1.807, 2.05) is 7.05 Å². The SMILES string of the molecule is CCOCC1CCN(C(=NC)NCC2(NC(C)c3ccccc3)CCOCC2)C1. The molecule has 0 radical (unpaired) electrons. The van der Waals surface area contributed by atoms with Gasteiger partial charge in [-0.15, -0.1) is 0 Å². The molecule has 2 aliphatic heterocycles. The van der Waals surface area contributed by atoms with Crippen LogP contribution in [-0.2, 0) is 9.47 Å². The number of likely N-dealkylation sites (tertiary alicyclic amines) is 1. The van der Waals surface area contributed by atoms with E-state index in [2.05, 4.69) is 64.7 Å². The van der Waals surface area contributed by atoms with Crippen molar-refractivity contribution in [1.82, 2.24) is 15.5 Å². The van der Waals surface area contributed by atoms with Crippen LogP contribution in [0.4, 0.5) is 0 Å². The molecule has 0 spiro atoms. The minimum atomic E-state index is 0.00783. The van der Waals surface area contributed by atoms with Gasteiger partial charge in [-0.25, -0.2) is 0 Å². The average Bonchev–Trinajstić information content (AvgIpc) is 3.23. The number of ether oxygens (including phenoxy) is 2. The molecule has 6 nitrogen and oxygen atoms in total. The molecule has 2 saturated heterocycles.